The SMILES string of the molecule is N[C@H](c1ccccc1)[C@H](NS(=O)(=O)c1cccc(S(=O)(=O)N[C@H](c2ccccc2)[C@H](N)c2ccccc2)c1)c1ccccc1. The van der Waals surface area contributed by atoms with Crippen molar-refractivity contribution in [3.63, 3.8) is 0 Å². The van der Waals surface area contributed by atoms with E-state index in [9.17, 15) is 16.8 Å². The fraction of sp³-hybridized carbons (Fsp3) is 0.118. The van der Waals surface area contributed by atoms with Crippen molar-refractivity contribution in [3.8, 4) is 0 Å². The maximum atomic E-state index is 13.8. The molecule has 0 aromatic heterocycles. The van der Waals surface area contributed by atoms with Gasteiger partial charge in [0.1, 0.15) is 0 Å². The van der Waals surface area contributed by atoms with E-state index in [0.29, 0.717) is 11.1 Å². The van der Waals surface area contributed by atoms with Crippen molar-refractivity contribution in [1.82, 2.24) is 9.44 Å². The van der Waals surface area contributed by atoms with Gasteiger partial charge in [-0.05, 0) is 40.5 Å². The first-order valence-corrected chi connectivity index (χ1v) is 17.0. The zero-order valence-corrected chi connectivity index (χ0v) is 25.4. The van der Waals surface area contributed by atoms with Gasteiger partial charge in [-0.1, -0.05) is 127 Å². The Bertz CT molecular complexity index is 1740. The van der Waals surface area contributed by atoms with Crippen LogP contribution in [0.15, 0.2) is 155 Å². The normalized spacial score (nSPS) is 14.8. The van der Waals surface area contributed by atoms with Crippen LogP contribution in [0, 0.1) is 0 Å². The maximum absolute atomic E-state index is 13.8. The molecule has 226 valence electrons. The molecule has 0 unspecified atom stereocenters. The summed E-state index contributed by atoms with van der Waals surface area (Å²) >= 11 is 0. The van der Waals surface area contributed by atoms with Crippen molar-refractivity contribution in [2.24, 2.45) is 11.5 Å². The number of sulfonamides is 2. The number of nitrogens with one attached hydrogen (secondary N) is 2. The first-order valence-electron chi connectivity index (χ1n) is 14.0. The topological polar surface area (TPSA) is 144 Å². The van der Waals surface area contributed by atoms with Crippen molar-refractivity contribution in [2.45, 2.75) is 34.0 Å². The van der Waals surface area contributed by atoms with E-state index >= 15 is 0 Å². The van der Waals surface area contributed by atoms with E-state index in [4.69, 9.17) is 11.5 Å². The molecule has 0 aliphatic rings. The van der Waals surface area contributed by atoms with Gasteiger partial charge in [0, 0.05) is 0 Å². The second-order valence-electron chi connectivity index (χ2n) is 10.4. The summed E-state index contributed by atoms with van der Waals surface area (Å²) in [5.74, 6) is 0. The Morgan fingerprint density at radius 3 is 1.02 bits per heavy atom. The molecule has 5 aromatic rings. The van der Waals surface area contributed by atoms with E-state index in [2.05, 4.69) is 9.44 Å². The number of hydrogen-bond acceptors (Lipinski definition) is 6. The van der Waals surface area contributed by atoms with Gasteiger partial charge in [0.25, 0.3) is 0 Å². The van der Waals surface area contributed by atoms with Gasteiger partial charge < -0.3 is 11.5 Å². The predicted molar refractivity (Wildman–Crippen MR) is 172 cm³/mol. The van der Waals surface area contributed by atoms with Crippen molar-refractivity contribution in [1.29, 1.82) is 0 Å². The van der Waals surface area contributed by atoms with Crippen LogP contribution in [0.5, 0.6) is 0 Å². The molecule has 0 radical (unpaired) electrons. The molecule has 6 N–H and O–H groups in total. The molecule has 8 nitrogen and oxygen atoms in total. The summed E-state index contributed by atoms with van der Waals surface area (Å²) in [6, 6.07) is 38.5. The summed E-state index contributed by atoms with van der Waals surface area (Å²) in [4.78, 5) is -0.435. The standard InChI is InChI=1S/C34H34N4O4S2/c35-31(25-14-5-1-6-15-25)33(27-18-9-3-10-19-27)37-43(39,40)29-22-13-23-30(24-29)44(41,42)38-34(28-20-11-4-12-21-28)32(36)26-16-7-2-8-17-26/h1-24,31-34,37-38H,35-36H2/t31-,32-,33-,34-/m1/s1. The van der Waals surface area contributed by atoms with E-state index in [1.807, 2.05) is 72.8 Å². The fourth-order valence-corrected chi connectivity index (χ4v) is 7.69. The molecular weight excluding hydrogens is 593 g/mol. The molecule has 44 heavy (non-hydrogen) atoms. The molecule has 0 fully saturated rings. The van der Waals surface area contributed by atoms with Crippen molar-refractivity contribution >= 4 is 20.0 Å². The first kappa shape index (κ1) is 31.3. The molecule has 10 heteroatoms. The Morgan fingerprint density at radius 1 is 0.409 bits per heavy atom. The Balaban J connectivity index is 1.46. The van der Waals surface area contributed by atoms with Gasteiger partial charge in [-0.25, -0.2) is 26.3 Å². The van der Waals surface area contributed by atoms with Crippen LogP contribution in [-0.2, 0) is 20.0 Å². The van der Waals surface area contributed by atoms with Crippen LogP contribution in [-0.4, -0.2) is 16.8 Å². The summed E-state index contributed by atoms with van der Waals surface area (Å²) in [5, 5.41) is 0. The maximum Gasteiger partial charge on any atom is 0.241 e. The van der Waals surface area contributed by atoms with E-state index in [1.54, 1.807) is 48.5 Å². The predicted octanol–water partition coefficient (Wildman–Crippen LogP) is 5.13. The highest BCUT2D eigenvalue weighted by Crippen LogP contribution is 2.31. The summed E-state index contributed by atoms with van der Waals surface area (Å²) in [5.41, 5.74) is 16.0. The molecule has 0 aliphatic heterocycles. The van der Waals surface area contributed by atoms with Gasteiger partial charge in [0.2, 0.25) is 20.0 Å². The molecule has 0 spiro atoms. The molecule has 0 aliphatic carbocycles. The summed E-state index contributed by atoms with van der Waals surface area (Å²) in [6.45, 7) is 0. The molecule has 0 saturated carbocycles. The number of hydrogen-bond donors (Lipinski definition) is 4. The van der Waals surface area contributed by atoms with Crippen molar-refractivity contribution < 1.29 is 16.8 Å². The number of rotatable bonds is 12. The number of benzene rings is 5. The highest BCUT2D eigenvalue weighted by atomic mass is 32.2. The molecule has 4 atom stereocenters. The van der Waals surface area contributed by atoms with Crippen molar-refractivity contribution in [3.05, 3.63) is 168 Å². The van der Waals surface area contributed by atoms with Crippen molar-refractivity contribution in [2.75, 3.05) is 0 Å². The Kier molecular flexibility index (Phi) is 9.70. The fourth-order valence-electron chi connectivity index (χ4n) is 5.03. The Labute approximate surface area is 258 Å². The molecule has 0 heterocycles. The average Bonchev–Trinajstić information content (AvgIpc) is 3.07. The highest BCUT2D eigenvalue weighted by molar-refractivity contribution is 7.90. The third-order valence-corrected chi connectivity index (χ3v) is 10.3. The van der Waals surface area contributed by atoms with Gasteiger partial charge in [-0.2, -0.15) is 0 Å². The quantitative estimate of drug-likeness (QED) is 0.151. The van der Waals surface area contributed by atoms with Crippen LogP contribution >= 0.6 is 0 Å². The Hall–Kier alpha value is -4.16. The van der Waals surface area contributed by atoms with Gasteiger partial charge in [0.05, 0.1) is 34.0 Å². The van der Waals surface area contributed by atoms with Crippen LogP contribution in [0.25, 0.3) is 0 Å². The second-order valence-corrected chi connectivity index (χ2v) is 13.8. The van der Waals surface area contributed by atoms with Gasteiger partial charge in [-0.15, -0.1) is 0 Å². The van der Waals surface area contributed by atoms with Gasteiger partial charge in [-0.3, -0.25) is 0 Å². The lowest BCUT2D eigenvalue weighted by Gasteiger charge is -2.26. The third kappa shape index (κ3) is 7.31. The van der Waals surface area contributed by atoms with E-state index < -0.39 is 44.2 Å². The van der Waals surface area contributed by atoms with Crippen LogP contribution < -0.4 is 20.9 Å². The van der Waals surface area contributed by atoms with E-state index in [-0.39, 0.29) is 9.79 Å². The highest BCUT2D eigenvalue weighted by Gasteiger charge is 2.30. The summed E-state index contributed by atoms with van der Waals surface area (Å²) in [7, 11) is -8.46. The second kappa shape index (κ2) is 13.6. The van der Waals surface area contributed by atoms with Crippen LogP contribution in [0.1, 0.15) is 46.4 Å². The van der Waals surface area contributed by atoms with Gasteiger partial charge >= 0.3 is 0 Å². The molecule has 5 rings (SSSR count). The van der Waals surface area contributed by atoms with Crippen LogP contribution in [0.3, 0.4) is 0 Å². The zero-order valence-electron chi connectivity index (χ0n) is 23.8. The lowest BCUT2D eigenvalue weighted by molar-refractivity contribution is 0.502. The lowest BCUT2D eigenvalue weighted by atomic mass is 9.95. The zero-order chi connectivity index (χ0) is 31.2. The number of nitrogens with two attached hydrogens (primary N) is 2. The molecule has 0 amide bonds. The Morgan fingerprint density at radius 2 is 0.705 bits per heavy atom. The molecule has 0 saturated heterocycles. The summed E-state index contributed by atoms with van der Waals surface area (Å²) < 4.78 is 60.5. The van der Waals surface area contributed by atoms with E-state index in [1.165, 1.54) is 18.2 Å². The van der Waals surface area contributed by atoms with Crippen LogP contribution in [0.4, 0.5) is 0 Å². The molecule has 5 aromatic carbocycles. The largest absolute Gasteiger partial charge is 0.322 e. The van der Waals surface area contributed by atoms with Gasteiger partial charge in [0.15, 0.2) is 0 Å². The summed E-state index contributed by atoms with van der Waals surface area (Å²) in [6.07, 6.45) is 0. The lowest BCUT2D eigenvalue weighted by Crippen LogP contribution is -2.37. The van der Waals surface area contributed by atoms with Crippen LogP contribution in [0.2, 0.25) is 0 Å². The first-order chi connectivity index (χ1) is 21.2. The minimum absolute atomic E-state index is 0.217. The monoisotopic (exact) mass is 626 g/mol. The smallest absolute Gasteiger partial charge is 0.241 e. The van der Waals surface area contributed by atoms with E-state index in [0.717, 1.165) is 17.2 Å². The minimum atomic E-state index is -4.23. The minimum Gasteiger partial charge on any atom is -0.322 e. The molecule has 0 bridgehead atoms. The average molecular weight is 627 g/mol. The molecular formula is C34H34N4O4S2. The third-order valence-electron chi connectivity index (χ3n) is 7.39.